The highest BCUT2D eigenvalue weighted by molar-refractivity contribution is 5.85. The van der Waals surface area contributed by atoms with E-state index in [1.165, 1.54) is 16.5 Å². The van der Waals surface area contributed by atoms with Crippen LogP contribution in [0.3, 0.4) is 0 Å². The molecule has 2 aromatic rings. The summed E-state index contributed by atoms with van der Waals surface area (Å²) in [4.78, 5) is 28.5. The molecule has 0 radical (unpaired) electrons. The zero-order valence-corrected chi connectivity index (χ0v) is 13.4. The van der Waals surface area contributed by atoms with Gasteiger partial charge in [0.15, 0.2) is 0 Å². The van der Waals surface area contributed by atoms with Crippen molar-refractivity contribution in [2.45, 2.75) is 13.0 Å². The smallest absolute Gasteiger partial charge is 0.261 e. The molecule has 0 saturated heterocycles. The lowest BCUT2D eigenvalue weighted by molar-refractivity contribution is -0.121. The van der Waals surface area contributed by atoms with Crippen molar-refractivity contribution in [2.24, 2.45) is 0 Å². The molecule has 1 amide bonds. The van der Waals surface area contributed by atoms with Gasteiger partial charge >= 0.3 is 0 Å². The molecule has 1 aromatic carbocycles. The zero-order chi connectivity index (χ0) is 15.4. The van der Waals surface area contributed by atoms with Gasteiger partial charge in [0, 0.05) is 13.1 Å². The van der Waals surface area contributed by atoms with Gasteiger partial charge in [-0.25, -0.2) is 4.98 Å². The van der Waals surface area contributed by atoms with Crippen molar-refractivity contribution >= 4 is 29.2 Å². The molecule has 0 aliphatic carbocycles. The Morgan fingerprint density at radius 1 is 1.35 bits per heavy atom. The first kappa shape index (κ1) is 17.2. The molecule has 6 nitrogen and oxygen atoms in total. The van der Waals surface area contributed by atoms with Crippen molar-refractivity contribution < 1.29 is 4.79 Å². The van der Waals surface area contributed by atoms with Gasteiger partial charge in [-0.05, 0) is 25.1 Å². The molecule has 122 valence electrons. The van der Waals surface area contributed by atoms with Crippen molar-refractivity contribution in [3.05, 3.63) is 52.6 Å². The van der Waals surface area contributed by atoms with Gasteiger partial charge < -0.3 is 10.6 Å². The predicted molar refractivity (Wildman–Crippen MR) is 91.8 cm³/mol. The molecule has 2 heterocycles. The minimum Gasteiger partial charge on any atom is -0.351 e. The summed E-state index contributed by atoms with van der Waals surface area (Å²) >= 11 is 0. The summed E-state index contributed by atoms with van der Waals surface area (Å²) in [5.41, 5.74) is 1.67. The summed E-state index contributed by atoms with van der Waals surface area (Å²) in [7, 11) is 0. The molecule has 0 bridgehead atoms. The van der Waals surface area contributed by atoms with Crippen molar-refractivity contribution in [1.82, 2.24) is 20.2 Å². The minimum absolute atomic E-state index is 0. The van der Waals surface area contributed by atoms with E-state index in [4.69, 9.17) is 0 Å². The van der Waals surface area contributed by atoms with Gasteiger partial charge in [0.2, 0.25) is 5.91 Å². The van der Waals surface area contributed by atoms with E-state index in [1.807, 2.05) is 6.07 Å². The second kappa shape index (κ2) is 7.89. The maximum Gasteiger partial charge on any atom is 0.261 e. The van der Waals surface area contributed by atoms with Crippen LogP contribution in [0.2, 0.25) is 0 Å². The van der Waals surface area contributed by atoms with Crippen LogP contribution in [0, 0.1) is 0 Å². The van der Waals surface area contributed by atoms with Crippen LogP contribution >= 0.6 is 12.4 Å². The number of carbonyl (C=O) groups excluding carboxylic acids is 1. The average Bonchev–Trinajstić information content (AvgIpc) is 2.57. The fraction of sp³-hybridized carbons (Fsp3) is 0.312. The number of benzene rings is 1. The number of carbonyl (C=O) groups is 1. The number of nitrogens with zero attached hydrogens (tertiary/aromatic N) is 2. The summed E-state index contributed by atoms with van der Waals surface area (Å²) in [6.45, 7) is 2.31. The molecule has 1 aliphatic heterocycles. The molecule has 2 N–H and O–H groups in total. The van der Waals surface area contributed by atoms with Crippen molar-refractivity contribution in [1.29, 1.82) is 0 Å². The normalized spacial score (nSPS) is 14.0. The molecule has 7 heteroatoms. The van der Waals surface area contributed by atoms with Crippen molar-refractivity contribution in [2.75, 3.05) is 19.6 Å². The fourth-order valence-electron chi connectivity index (χ4n) is 2.47. The van der Waals surface area contributed by atoms with Crippen molar-refractivity contribution in [3.63, 3.8) is 0 Å². The van der Waals surface area contributed by atoms with Crippen LogP contribution in [0.5, 0.6) is 0 Å². The SMILES string of the molecule is Cl.O=C(Cn1cnc2ccccc2c1=O)NCC1=CCNCC1. The lowest BCUT2D eigenvalue weighted by atomic mass is 10.1. The summed E-state index contributed by atoms with van der Waals surface area (Å²) in [5.74, 6) is -0.182. The zero-order valence-electron chi connectivity index (χ0n) is 12.6. The Morgan fingerprint density at radius 2 is 2.17 bits per heavy atom. The number of halogens is 1. The predicted octanol–water partition coefficient (Wildman–Crippen LogP) is 0.854. The van der Waals surface area contributed by atoms with E-state index in [9.17, 15) is 9.59 Å². The van der Waals surface area contributed by atoms with E-state index in [0.29, 0.717) is 17.4 Å². The summed E-state index contributed by atoms with van der Waals surface area (Å²) in [6, 6.07) is 7.13. The molecular formula is C16H19ClN4O2. The monoisotopic (exact) mass is 334 g/mol. The maximum atomic E-state index is 12.3. The van der Waals surface area contributed by atoms with E-state index in [0.717, 1.165) is 19.5 Å². The molecule has 0 unspecified atom stereocenters. The number of hydrogen-bond acceptors (Lipinski definition) is 4. The van der Waals surface area contributed by atoms with Gasteiger partial charge in [-0.1, -0.05) is 23.8 Å². The van der Waals surface area contributed by atoms with Gasteiger partial charge in [-0.3, -0.25) is 14.2 Å². The fourth-order valence-corrected chi connectivity index (χ4v) is 2.47. The van der Waals surface area contributed by atoms with Crippen LogP contribution in [-0.4, -0.2) is 35.1 Å². The second-order valence-corrected chi connectivity index (χ2v) is 5.29. The first-order valence-corrected chi connectivity index (χ1v) is 7.33. The third-order valence-corrected chi connectivity index (χ3v) is 3.72. The highest BCUT2D eigenvalue weighted by atomic mass is 35.5. The number of para-hydroxylation sites is 1. The number of rotatable bonds is 4. The Hall–Kier alpha value is -2.18. The van der Waals surface area contributed by atoms with Crippen LogP contribution in [0.25, 0.3) is 10.9 Å². The highest BCUT2D eigenvalue weighted by Crippen LogP contribution is 2.05. The molecule has 0 spiro atoms. The lowest BCUT2D eigenvalue weighted by Gasteiger charge is -2.14. The summed E-state index contributed by atoms with van der Waals surface area (Å²) < 4.78 is 1.34. The van der Waals surface area contributed by atoms with E-state index in [1.54, 1.807) is 18.2 Å². The van der Waals surface area contributed by atoms with Crippen LogP contribution in [0.4, 0.5) is 0 Å². The molecule has 1 aromatic heterocycles. The van der Waals surface area contributed by atoms with Gasteiger partial charge in [-0.2, -0.15) is 0 Å². The number of amides is 1. The Labute approximate surface area is 140 Å². The Kier molecular flexibility index (Phi) is 5.90. The molecule has 1 aliphatic rings. The van der Waals surface area contributed by atoms with E-state index in [-0.39, 0.29) is 30.4 Å². The van der Waals surface area contributed by atoms with Gasteiger partial charge in [0.1, 0.15) is 6.54 Å². The number of fused-ring (bicyclic) bond motifs is 1. The largest absolute Gasteiger partial charge is 0.351 e. The lowest BCUT2D eigenvalue weighted by Crippen LogP contribution is -2.34. The third kappa shape index (κ3) is 4.18. The van der Waals surface area contributed by atoms with Crippen molar-refractivity contribution in [3.8, 4) is 0 Å². The Morgan fingerprint density at radius 3 is 2.96 bits per heavy atom. The van der Waals surface area contributed by atoms with Gasteiger partial charge in [-0.15, -0.1) is 12.4 Å². The topological polar surface area (TPSA) is 76.0 Å². The summed E-state index contributed by atoms with van der Waals surface area (Å²) in [6.07, 6.45) is 4.46. The molecule has 0 fully saturated rings. The van der Waals surface area contributed by atoms with E-state index >= 15 is 0 Å². The van der Waals surface area contributed by atoms with Gasteiger partial charge in [0.25, 0.3) is 5.56 Å². The minimum atomic E-state index is -0.193. The number of aromatic nitrogens is 2. The van der Waals surface area contributed by atoms with E-state index < -0.39 is 0 Å². The van der Waals surface area contributed by atoms with Crippen LogP contribution in [0.15, 0.2) is 47.0 Å². The molecule has 0 atom stereocenters. The average molecular weight is 335 g/mol. The number of nitrogens with one attached hydrogen (secondary N) is 2. The third-order valence-electron chi connectivity index (χ3n) is 3.72. The Bertz CT molecular complexity index is 785. The molecule has 3 rings (SSSR count). The number of hydrogen-bond donors (Lipinski definition) is 2. The van der Waals surface area contributed by atoms with E-state index in [2.05, 4.69) is 21.7 Å². The Balaban J connectivity index is 0.00000192. The van der Waals surface area contributed by atoms with Crippen LogP contribution in [-0.2, 0) is 11.3 Å². The maximum absolute atomic E-state index is 12.3. The second-order valence-electron chi connectivity index (χ2n) is 5.29. The van der Waals surface area contributed by atoms with Gasteiger partial charge in [0.05, 0.1) is 17.2 Å². The molecular weight excluding hydrogens is 316 g/mol. The standard InChI is InChI=1S/C16H18N4O2.ClH/c21-15(18-9-12-5-7-17-8-6-12)10-20-11-19-14-4-2-1-3-13(14)16(20)22;/h1-5,11,17H,6-10H2,(H,18,21);1H. The summed E-state index contributed by atoms with van der Waals surface area (Å²) in [5, 5.41) is 6.60. The first-order valence-electron chi connectivity index (χ1n) is 7.33. The van der Waals surface area contributed by atoms with Crippen LogP contribution < -0.4 is 16.2 Å². The first-order chi connectivity index (χ1) is 10.7. The van der Waals surface area contributed by atoms with Crippen LogP contribution in [0.1, 0.15) is 6.42 Å². The highest BCUT2D eigenvalue weighted by Gasteiger charge is 2.09. The quantitative estimate of drug-likeness (QED) is 0.813. The molecule has 23 heavy (non-hydrogen) atoms. The molecule has 0 saturated carbocycles.